The lowest BCUT2D eigenvalue weighted by Gasteiger charge is -2.24. The van der Waals surface area contributed by atoms with Crippen LogP contribution in [0.1, 0.15) is 18.9 Å². The molecule has 0 amide bonds. The van der Waals surface area contributed by atoms with Gasteiger partial charge in [0, 0.05) is 38.8 Å². The molecule has 2 aliphatic rings. The highest BCUT2D eigenvalue weighted by Crippen LogP contribution is 2.48. The van der Waals surface area contributed by atoms with E-state index < -0.39 is 0 Å². The molecule has 0 fully saturated rings. The standard InChI is InChI=1S/C71H50N2/c1-3-16-56(17-4-2)72-66-26-14-12-24-58(66)62-42-52(34-38-68(62)72)50-32-36-60-64(44-50)70(54-30-28-46-18-8-10-20-48(46)40-54)61-37-33-51(45-65(61)71(60)55-31-29-47-19-9-11-21-49(47)41-55)53-35-39-69-63(43-53)59-25-13-15-27-67(59)73(69)57-22-6-5-7-23-57/h3-27,29-46H,1,28H2,2H3/b17-4-,56-16+. The van der Waals surface area contributed by atoms with Gasteiger partial charge in [-0.2, -0.15) is 0 Å². The van der Waals surface area contributed by atoms with Crippen molar-refractivity contribution in [3.8, 4) is 39.1 Å². The number of rotatable bonds is 8. The zero-order valence-corrected chi connectivity index (χ0v) is 40.6. The van der Waals surface area contributed by atoms with E-state index in [0.29, 0.717) is 5.92 Å². The maximum atomic E-state index is 4.06. The maximum Gasteiger partial charge on any atom is 0.0541 e. The maximum absolute atomic E-state index is 4.06. The minimum atomic E-state index is 0.386. The molecule has 0 aliphatic heterocycles. The van der Waals surface area contributed by atoms with Gasteiger partial charge in [0.1, 0.15) is 0 Å². The second-order valence-corrected chi connectivity index (χ2v) is 19.6. The van der Waals surface area contributed by atoms with Gasteiger partial charge in [-0.15, -0.1) is 0 Å². The minimum absolute atomic E-state index is 0.386. The number of hydrogen-bond acceptors (Lipinski definition) is 0. The number of para-hydroxylation sites is 3. The molecule has 2 heterocycles. The normalized spacial score (nSPS) is 14.9. The van der Waals surface area contributed by atoms with E-state index in [1.165, 1.54) is 126 Å². The Balaban J connectivity index is 1.03. The average molecular weight is 931 g/mol. The lowest BCUT2D eigenvalue weighted by atomic mass is 9.79. The summed E-state index contributed by atoms with van der Waals surface area (Å²) in [7, 11) is 0. The SMILES string of the molecule is C=C/C=C(\C=C/C)n1c2ccccc2c2cc(-c3ccc4c(-c5ccc6ccccc6c5)c5cc(-c6ccc7c(c6)c6ccccc6n7-c6ccccc6)ccc5c(C5=CCC6C=CC=CC6=C5)c4c3)ccc21. The topological polar surface area (TPSA) is 9.86 Å². The summed E-state index contributed by atoms with van der Waals surface area (Å²) in [5, 5.41) is 12.4. The molecular weight excluding hydrogens is 881 g/mol. The number of aromatic nitrogens is 2. The Hall–Kier alpha value is -9.24. The molecule has 0 radical (unpaired) electrons. The van der Waals surface area contributed by atoms with Crippen molar-refractivity contribution >= 4 is 87.2 Å². The van der Waals surface area contributed by atoms with Crippen LogP contribution in [0, 0.1) is 5.92 Å². The third kappa shape index (κ3) is 6.94. The van der Waals surface area contributed by atoms with Crippen LogP contribution >= 0.6 is 0 Å². The summed E-state index contributed by atoms with van der Waals surface area (Å²) in [6.07, 6.45) is 23.1. The predicted molar refractivity (Wildman–Crippen MR) is 314 cm³/mol. The molecule has 1 unspecified atom stereocenters. The summed E-state index contributed by atoms with van der Waals surface area (Å²) in [5.41, 5.74) is 18.1. The number of hydrogen-bond donors (Lipinski definition) is 0. The third-order valence-electron chi connectivity index (χ3n) is 15.4. The van der Waals surface area contributed by atoms with Crippen molar-refractivity contribution in [3.63, 3.8) is 0 Å². The van der Waals surface area contributed by atoms with Gasteiger partial charge in [0.05, 0.1) is 22.1 Å². The molecule has 2 aromatic heterocycles. The molecule has 0 spiro atoms. The molecule has 2 nitrogen and oxygen atoms in total. The first kappa shape index (κ1) is 42.6. The first-order chi connectivity index (χ1) is 36.1. The molecule has 73 heavy (non-hydrogen) atoms. The molecule has 0 saturated carbocycles. The quantitative estimate of drug-likeness (QED) is 0.106. The lowest BCUT2D eigenvalue weighted by Crippen LogP contribution is -2.06. The van der Waals surface area contributed by atoms with E-state index in [0.717, 1.165) is 17.8 Å². The van der Waals surface area contributed by atoms with E-state index in [-0.39, 0.29) is 0 Å². The highest BCUT2D eigenvalue weighted by Gasteiger charge is 2.24. The van der Waals surface area contributed by atoms with Gasteiger partial charge in [-0.25, -0.2) is 0 Å². The van der Waals surface area contributed by atoms with E-state index >= 15 is 0 Å². The molecule has 0 bridgehead atoms. The summed E-state index contributed by atoms with van der Waals surface area (Å²) in [6, 6.07) is 72.6. The largest absolute Gasteiger partial charge is 0.309 e. The molecule has 1 atom stereocenters. The highest BCUT2D eigenvalue weighted by molar-refractivity contribution is 6.22. The van der Waals surface area contributed by atoms with Crippen LogP contribution in [-0.2, 0) is 0 Å². The van der Waals surface area contributed by atoms with Crippen molar-refractivity contribution in [2.24, 2.45) is 5.92 Å². The van der Waals surface area contributed by atoms with Crippen molar-refractivity contribution in [2.75, 3.05) is 0 Å². The molecule has 2 heteroatoms. The second-order valence-electron chi connectivity index (χ2n) is 19.6. The van der Waals surface area contributed by atoms with Gasteiger partial charge in [-0.3, -0.25) is 0 Å². The summed E-state index contributed by atoms with van der Waals surface area (Å²) in [5.74, 6) is 0.386. The van der Waals surface area contributed by atoms with Crippen LogP contribution in [0.25, 0.3) is 126 Å². The lowest BCUT2D eigenvalue weighted by molar-refractivity contribution is 0.783. The Kier molecular flexibility index (Phi) is 10.1. The van der Waals surface area contributed by atoms with E-state index in [1.807, 2.05) is 6.08 Å². The monoisotopic (exact) mass is 930 g/mol. The molecule has 12 aromatic rings. The van der Waals surface area contributed by atoms with Crippen LogP contribution in [-0.4, -0.2) is 9.13 Å². The summed E-state index contributed by atoms with van der Waals surface area (Å²) >= 11 is 0. The van der Waals surface area contributed by atoms with Gasteiger partial charge >= 0.3 is 0 Å². The van der Waals surface area contributed by atoms with Crippen LogP contribution in [0.3, 0.4) is 0 Å². The van der Waals surface area contributed by atoms with E-state index in [2.05, 4.69) is 271 Å². The zero-order chi connectivity index (χ0) is 48.6. The molecule has 10 aromatic carbocycles. The number of fused-ring (bicyclic) bond motifs is 10. The average Bonchev–Trinajstić information content (AvgIpc) is 3.96. The minimum Gasteiger partial charge on any atom is -0.309 e. The summed E-state index contributed by atoms with van der Waals surface area (Å²) < 4.78 is 4.75. The van der Waals surface area contributed by atoms with Crippen molar-refractivity contribution < 1.29 is 0 Å². The highest BCUT2D eigenvalue weighted by atomic mass is 15.0. The first-order valence-corrected chi connectivity index (χ1v) is 25.5. The number of benzene rings is 10. The Morgan fingerprint density at radius 1 is 0.493 bits per heavy atom. The second kappa shape index (κ2) is 17.3. The summed E-state index contributed by atoms with van der Waals surface area (Å²) in [4.78, 5) is 0. The fraction of sp³-hybridized carbons (Fsp3) is 0.0423. The van der Waals surface area contributed by atoms with Crippen LogP contribution in [0.4, 0.5) is 0 Å². The van der Waals surface area contributed by atoms with Gasteiger partial charge in [0.25, 0.3) is 0 Å². The first-order valence-electron chi connectivity index (χ1n) is 25.5. The van der Waals surface area contributed by atoms with Crippen LogP contribution in [0.15, 0.2) is 267 Å². The van der Waals surface area contributed by atoms with Gasteiger partial charge in [0.15, 0.2) is 0 Å². The van der Waals surface area contributed by atoms with Crippen LogP contribution in [0.2, 0.25) is 0 Å². The van der Waals surface area contributed by atoms with E-state index in [9.17, 15) is 0 Å². The van der Waals surface area contributed by atoms with Crippen molar-refractivity contribution in [1.82, 2.24) is 9.13 Å². The van der Waals surface area contributed by atoms with Gasteiger partial charge in [-0.05, 0) is 175 Å². The van der Waals surface area contributed by atoms with Crippen molar-refractivity contribution in [1.29, 1.82) is 0 Å². The Labute approximate surface area is 425 Å². The molecule has 344 valence electrons. The van der Waals surface area contributed by atoms with Crippen molar-refractivity contribution in [3.05, 3.63) is 273 Å². The van der Waals surface area contributed by atoms with Gasteiger partial charge in [0.2, 0.25) is 0 Å². The Bertz CT molecular complexity index is 4480. The van der Waals surface area contributed by atoms with Gasteiger partial charge in [-0.1, -0.05) is 183 Å². The predicted octanol–water partition coefficient (Wildman–Crippen LogP) is 19.4. The Morgan fingerprint density at radius 2 is 1.07 bits per heavy atom. The molecular formula is C71H50N2. The zero-order valence-electron chi connectivity index (χ0n) is 40.6. The number of allylic oxidation sites excluding steroid dienone is 13. The Morgan fingerprint density at radius 3 is 1.82 bits per heavy atom. The molecule has 0 saturated heterocycles. The van der Waals surface area contributed by atoms with Gasteiger partial charge < -0.3 is 9.13 Å². The fourth-order valence-electron chi connectivity index (χ4n) is 12.1. The molecule has 14 rings (SSSR count). The van der Waals surface area contributed by atoms with E-state index in [4.69, 9.17) is 0 Å². The fourth-order valence-corrected chi connectivity index (χ4v) is 12.1. The van der Waals surface area contributed by atoms with Crippen molar-refractivity contribution in [2.45, 2.75) is 13.3 Å². The van der Waals surface area contributed by atoms with Crippen LogP contribution < -0.4 is 0 Å². The van der Waals surface area contributed by atoms with E-state index in [1.54, 1.807) is 0 Å². The molecule has 2 aliphatic carbocycles. The third-order valence-corrected chi connectivity index (χ3v) is 15.4. The smallest absolute Gasteiger partial charge is 0.0541 e. The molecule has 0 N–H and O–H groups in total. The number of nitrogens with zero attached hydrogens (tertiary/aromatic N) is 2. The van der Waals surface area contributed by atoms with Crippen LogP contribution in [0.5, 0.6) is 0 Å². The summed E-state index contributed by atoms with van der Waals surface area (Å²) in [6.45, 7) is 6.13.